The number of fused-ring (bicyclic) bond motifs is 1. The number of aryl methyl sites for hydroxylation is 1. The Morgan fingerprint density at radius 2 is 2.20 bits per heavy atom. The van der Waals surface area contributed by atoms with E-state index in [1.807, 2.05) is 20.9 Å². The molecule has 0 bridgehead atoms. The van der Waals surface area contributed by atoms with E-state index < -0.39 is 0 Å². The highest BCUT2D eigenvalue weighted by Gasteiger charge is 2.13. The van der Waals surface area contributed by atoms with Crippen LogP contribution in [0.15, 0.2) is 6.07 Å². The van der Waals surface area contributed by atoms with Crippen LogP contribution in [-0.2, 0) is 4.74 Å². The predicted molar refractivity (Wildman–Crippen MR) is 84.3 cm³/mol. The number of thiophene rings is 1. The number of rotatable bonds is 6. The molecule has 3 N–H and O–H groups in total. The van der Waals surface area contributed by atoms with Gasteiger partial charge in [0.05, 0.1) is 18.1 Å². The van der Waals surface area contributed by atoms with Crippen LogP contribution in [0.4, 0.5) is 11.8 Å². The molecule has 110 valence electrons. The van der Waals surface area contributed by atoms with Gasteiger partial charge < -0.3 is 9.64 Å². The Morgan fingerprint density at radius 1 is 1.45 bits per heavy atom. The summed E-state index contributed by atoms with van der Waals surface area (Å²) in [6.07, 6.45) is 0.235. The highest BCUT2D eigenvalue weighted by Crippen LogP contribution is 2.30. The van der Waals surface area contributed by atoms with E-state index in [0.29, 0.717) is 12.6 Å². The van der Waals surface area contributed by atoms with E-state index in [0.717, 1.165) is 22.6 Å². The van der Waals surface area contributed by atoms with Gasteiger partial charge in [-0.15, -0.1) is 11.3 Å². The smallest absolute Gasteiger partial charge is 0.240 e. The van der Waals surface area contributed by atoms with Crippen molar-refractivity contribution < 1.29 is 4.74 Å². The van der Waals surface area contributed by atoms with Gasteiger partial charge in [-0.1, -0.05) is 0 Å². The molecule has 0 fully saturated rings. The fraction of sp³-hybridized carbons (Fsp3) is 0.538. The maximum Gasteiger partial charge on any atom is 0.240 e. The predicted octanol–water partition coefficient (Wildman–Crippen LogP) is 2.15. The lowest BCUT2D eigenvalue weighted by molar-refractivity contribution is 0.0845. The minimum absolute atomic E-state index is 0.235. The number of hydrogen-bond acceptors (Lipinski definition) is 7. The second-order valence-corrected chi connectivity index (χ2v) is 6.17. The minimum atomic E-state index is 0.235. The molecule has 0 saturated heterocycles. The number of nitrogen functional groups attached to an aromatic ring is 1. The zero-order valence-corrected chi connectivity index (χ0v) is 13.1. The lowest BCUT2D eigenvalue weighted by atomic mass is 10.3. The molecule has 2 rings (SSSR count). The molecule has 0 spiro atoms. The second-order valence-electron chi connectivity index (χ2n) is 4.93. The molecule has 0 atom stereocenters. The Labute approximate surface area is 122 Å². The van der Waals surface area contributed by atoms with Gasteiger partial charge in [0, 0.05) is 18.5 Å². The molecule has 0 unspecified atom stereocenters. The van der Waals surface area contributed by atoms with Crippen molar-refractivity contribution in [1.82, 2.24) is 9.97 Å². The Bertz CT molecular complexity index is 583. The summed E-state index contributed by atoms with van der Waals surface area (Å²) in [6, 6.07) is 2.11. The maximum atomic E-state index is 5.59. The van der Waals surface area contributed by atoms with Crippen LogP contribution in [0, 0.1) is 6.92 Å². The van der Waals surface area contributed by atoms with Crippen molar-refractivity contribution in [3.8, 4) is 0 Å². The molecular weight excluding hydrogens is 274 g/mol. The second kappa shape index (κ2) is 6.34. The topological polar surface area (TPSA) is 76.3 Å². The number of nitrogens with two attached hydrogens (primary N) is 1. The van der Waals surface area contributed by atoms with Gasteiger partial charge in [0.2, 0.25) is 5.95 Å². The number of hydrogen-bond donors (Lipinski definition) is 2. The molecule has 0 radical (unpaired) electrons. The SMILES string of the molecule is Cc1cc2c(N(C)CCOC(C)C)nc(NN)nc2s1. The van der Waals surface area contributed by atoms with Crippen LogP contribution in [-0.4, -0.2) is 36.3 Å². The minimum Gasteiger partial charge on any atom is -0.377 e. The standard InChI is InChI=1S/C13H21N5OS/c1-8(2)19-6-5-18(4)11-10-7-9(3)20-12(10)16-13(15-11)17-14/h7-8H,5-6,14H2,1-4H3,(H,15,16,17). The van der Waals surface area contributed by atoms with Gasteiger partial charge in [-0.05, 0) is 26.8 Å². The molecule has 2 aromatic rings. The van der Waals surface area contributed by atoms with Crippen molar-refractivity contribution in [2.75, 3.05) is 30.5 Å². The number of aromatic nitrogens is 2. The Balaban J connectivity index is 2.26. The number of anilines is 2. The molecule has 0 saturated carbocycles. The Hall–Kier alpha value is -1.44. The summed E-state index contributed by atoms with van der Waals surface area (Å²) in [6.45, 7) is 7.55. The van der Waals surface area contributed by atoms with Crippen LogP contribution in [0.2, 0.25) is 0 Å². The van der Waals surface area contributed by atoms with Crippen molar-refractivity contribution in [1.29, 1.82) is 0 Å². The van der Waals surface area contributed by atoms with Gasteiger partial charge in [0.25, 0.3) is 0 Å². The van der Waals surface area contributed by atoms with Crippen molar-refractivity contribution >= 4 is 33.3 Å². The molecule has 0 aliphatic heterocycles. The molecule has 6 nitrogen and oxygen atoms in total. The molecule has 0 aliphatic rings. The summed E-state index contributed by atoms with van der Waals surface area (Å²) >= 11 is 1.64. The van der Waals surface area contributed by atoms with Crippen molar-refractivity contribution in [3.05, 3.63) is 10.9 Å². The van der Waals surface area contributed by atoms with Gasteiger partial charge in [-0.25, -0.2) is 10.8 Å². The van der Waals surface area contributed by atoms with E-state index >= 15 is 0 Å². The molecule has 2 aromatic heterocycles. The van der Waals surface area contributed by atoms with Crippen LogP contribution < -0.4 is 16.2 Å². The summed E-state index contributed by atoms with van der Waals surface area (Å²) in [7, 11) is 2.00. The summed E-state index contributed by atoms with van der Waals surface area (Å²) in [5.41, 5.74) is 2.52. The number of ether oxygens (including phenoxy) is 1. The van der Waals surface area contributed by atoms with Gasteiger partial charge in [0.1, 0.15) is 10.6 Å². The first-order valence-corrected chi connectivity index (χ1v) is 7.40. The van der Waals surface area contributed by atoms with Crippen molar-refractivity contribution in [2.45, 2.75) is 26.9 Å². The van der Waals surface area contributed by atoms with Crippen LogP contribution in [0.3, 0.4) is 0 Å². The van der Waals surface area contributed by atoms with Gasteiger partial charge >= 0.3 is 0 Å². The third-order valence-electron chi connectivity index (χ3n) is 2.86. The largest absolute Gasteiger partial charge is 0.377 e. The summed E-state index contributed by atoms with van der Waals surface area (Å²) < 4.78 is 5.59. The quantitative estimate of drug-likeness (QED) is 0.628. The van der Waals surface area contributed by atoms with Crippen LogP contribution in [0.5, 0.6) is 0 Å². The lowest BCUT2D eigenvalue weighted by Crippen LogP contribution is -2.25. The molecule has 2 heterocycles. The zero-order chi connectivity index (χ0) is 14.7. The highest BCUT2D eigenvalue weighted by molar-refractivity contribution is 7.18. The third kappa shape index (κ3) is 3.36. The van der Waals surface area contributed by atoms with E-state index in [1.54, 1.807) is 11.3 Å². The highest BCUT2D eigenvalue weighted by atomic mass is 32.1. The third-order valence-corrected chi connectivity index (χ3v) is 3.81. The Kier molecular flexibility index (Phi) is 4.74. The number of likely N-dealkylation sites (N-methyl/N-ethyl adjacent to an activating group) is 1. The van der Waals surface area contributed by atoms with E-state index in [1.165, 1.54) is 4.88 Å². The summed E-state index contributed by atoms with van der Waals surface area (Å²) in [5.74, 6) is 6.75. The number of nitrogens with one attached hydrogen (secondary N) is 1. The summed E-state index contributed by atoms with van der Waals surface area (Å²) in [4.78, 5) is 13.1. The fourth-order valence-corrected chi connectivity index (χ4v) is 2.79. The molecule has 7 heteroatoms. The summed E-state index contributed by atoms with van der Waals surface area (Å²) in [5, 5.41) is 1.05. The van der Waals surface area contributed by atoms with Gasteiger partial charge in [-0.2, -0.15) is 4.98 Å². The molecule has 20 heavy (non-hydrogen) atoms. The van der Waals surface area contributed by atoms with Crippen LogP contribution in [0.25, 0.3) is 10.2 Å². The average molecular weight is 295 g/mol. The van der Waals surface area contributed by atoms with Gasteiger partial charge in [0.15, 0.2) is 0 Å². The molecule has 0 aromatic carbocycles. The molecular formula is C13H21N5OS. The van der Waals surface area contributed by atoms with Gasteiger partial charge in [-0.3, -0.25) is 5.43 Å². The van der Waals surface area contributed by atoms with Crippen LogP contribution >= 0.6 is 11.3 Å². The number of hydrazine groups is 1. The van der Waals surface area contributed by atoms with E-state index in [9.17, 15) is 0 Å². The van der Waals surface area contributed by atoms with E-state index in [4.69, 9.17) is 10.6 Å². The lowest BCUT2D eigenvalue weighted by Gasteiger charge is -2.20. The van der Waals surface area contributed by atoms with E-state index in [-0.39, 0.29) is 6.10 Å². The normalized spacial score (nSPS) is 11.3. The Morgan fingerprint density at radius 3 is 2.85 bits per heavy atom. The zero-order valence-electron chi connectivity index (χ0n) is 12.3. The molecule has 0 aliphatic carbocycles. The van der Waals surface area contributed by atoms with E-state index in [2.05, 4.69) is 33.3 Å². The van der Waals surface area contributed by atoms with Crippen molar-refractivity contribution in [3.63, 3.8) is 0 Å². The molecule has 0 amide bonds. The fourth-order valence-electron chi connectivity index (χ4n) is 1.91. The van der Waals surface area contributed by atoms with Crippen molar-refractivity contribution in [2.24, 2.45) is 5.84 Å². The van der Waals surface area contributed by atoms with Crippen LogP contribution in [0.1, 0.15) is 18.7 Å². The number of nitrogens with zero attached hydrogens (tertiary/aromatic N) is 3. The first-order valence-electron chi connectivity index (χ1n) is 6.58. The first kappa shape index (κ1) is 15.0. The maximum absolute atomic E-state index is 5.59. The average Bonchev–Trinajstić information content (AvgIpc) is 2.76. The first-order chi connectivity index (χ1) is 9.51. The monoisotopic (exact) mass is 295 g/mol.